The van der Waals surface area contributed by atoms with Gasteiger partial charge in [-0.15, -0.1) is 0 Å². The number of aromatic nitrogens is 2. The summed E-state index contributed by atoms with van der Waals surface area (Å²) in [5.41, 5.74) is 9.08. The molecular weight excluding hydrogens is 198 g/mol. The van der Waals surface area contributed by atoms with Gasteiger partial charge in [0.15, 0.2) is 0 Å². The van der Waals surface area contributed by atoms with Gasteiger partial charge >= 0.3 is 0 Å². The summed E-state index contributed by atoms with van der Waals surface area (Å²) < 4.78 is 1.97. The van der Waals surface area contributed by atoms with Crippen LogP contribution in [0.5, 0.6) is 0 Å². The molecule has 0 spiro atoms. The van der Waals surface area contributed by atoms with Crippen LogP contribution in [0.3, 0.4) is 0 Å². The molecule has 1 heterocycles. The number of benzene rings is 1. The van der Waals surface area contributed by atoms with E-state index in [0.717, 1.165) is 24.2 Å². The highest BCUT2D eigenvalue weighted by atomic mass is 15.3. The molecular formula is C13H17N3. The molecule has 2 rings (SSSR count). The molecule has 84 valence electrons. The van der Waals surface area contributed by atoms with Crippen LogP contribution in [0.4, 0.5) is 0 Å². The lowest BCUT2D eigenvalue weighted by molar-refractivity contribution is 0.661. The highest BCUT2D eigenvalue weighted by Crippen LogP contribution is 2.21. The largest absolute Gasteiger partial charge is 0.330 e. The second-order valence-electron chi connectivity index (χ2n) is 3.76. The molecule has 2 N–H and O–H groups in total. The van der Waals surface area contributed by atoms with Crippen molar-refractivity contribution in [1.29, 1.82) is 0 Å². The van der Waals surface area contributed by atoms with E-state index in [2.05, 4.69) is 30.4 Å². The van der Waals surface area contributed by atoms with Crippen molar-refractivity contribution in [3.8, 4) is 11.3 Å². The fraction of sp³-hybridized carbons (Fsp3) is 0.308. The van der Waals surface area contributed by atoms with Crippen LogP contribution in [-0.2, 0) is 13.0 Å². The van der Waals surface area contributed by atoms with E-state index in [9.17, 15) is 0 Å². The number of hydrogen-bond acceptors (Lipinski definition) is 2. The zero-order valence-electron chi connectivity index (χ0n) is 9.56. The smallest absolute Gasteiger partial charge is 0.0955 e. The van der Waals surface area contributed by atoms with E-state index in [-0.39, 0.29) is 0 Å². The van der Waals surface area contributed by atoms with Crippen LogP contribution in [0.2, 0.25) is 0 Å². The van der Waals surface area contributed by atoms with Gasteiger partial charge in [0.25, 0.3) is 0 Å². The quantitative estimate of drug-likeness (QED) is 0.848. The standard InChI is InChI=1S/C13H17N3/c1-2-16-10-12(8-9-14)13(15-16)11-6-4-3-5-7-11/h3-7,10H,2,8-9,14H2,1H3. The van der Waals surface area contributed by atoms with Gasteiger partial charge in [0, 0.05) is 18.3 Å². The maximum absolute atomic E-state index is 5.62. The van der Waals surface area contributed by atoms with E-state index in [1.165, 1.54) is 5.56 Å². The third-order valence-electron chi connectivity index (χ3n) is 2.62. The minimum Gasteiger partial charge on any atom is -0.330 e. The van der Waals surface area contributed by atoms with E-state index < -0.39 is 0 Å². The Morgan fingerprint density at radius 3 is 2.62 bits per heavy atom. The first-order chi connectivity index (χ1) is 7.85. The van der Waals surface area contributed by atoms with Crippen LogP contribution in [0.25, 0.3) is 11.3 Å². The predicted molar refractivity (Wildman–Crippen MR) is 66.1 cm³/mol. The highest BCUT2D eigenvalue weighted by Gasteiger charge is 2.09. The molecule has 0 amide bonds. The van der Waals surface area contributed by atoms with Gasteiger partial charge in [-0.1, -0.05) is 30.3 Å². The minimum absolute atomic E-state index is 0.662. The van der Waals surface area contributed by atoms with E-state index in [1.54, 1.807) is 0 Å². The average molecular weight is 215 g/mol. The topological polar surface area (TPSA) is 43.8 Å². The molecule has 0 aliphatic heterocycles. The van der Waals surface area contributed by atoms with Crippen molar-refractivity contribution < 1.29 is 0 Å². The van der Waals surface area contributed by atoms with Crippen molar-refractivity contribution in [2.45, 2.75) is 19.9 Å². The molecule has 1 aromatic heterocycles. The molecule has 0 unspecified atom stereocenters. The summed E-state index contributed by atoms with van der Waals surface area (Å²) in [6.45, 7) is 3.65. The Labute approximate surface area is 95.9 Å². The first kappa shape index (κ1) is 10.9. The second kappa shape index (κ2) is 4.94. The van der Waals surface area contributed by atoms with Crippen LogP contribution in [-0.4, -0.2) is 16.3 Å². The Morgan fingerprint density at radius 2 is 2.00 bits per heavy atom. The molecule has 16 heavy (non-hydrogen) atoms. The first-order valence-corrected chi connectivity index (χ1v) is 5.67. The van der Waals surface area contributed by atoms with E-state index in [1.807, 2.05) is 22.9 Å². The summed E-state index contributed by atoms with van der Waals surface area (Å²) in [6.07, 6.45) is 2.97. The number of nitrogens with zero attached hydrogens (tertiary/aromatic N) is 2. The van der Waals surface area contributed by atoms with Crippen LogP contribution in [0.15, 0.2) is 36.5 Å². The molecule has 1 aromatic carbocycles. The third-order valence-corrected chi connectivity index (χ3v) is 2.62. The summed E-state index contributed by atoms with van der Waals surface area (Å²) in [4.78, 5) is 0. The Kier molecular flexibility index (Phi) is 3.37. The van der Waals surface area contributed by atoms with E-state index >= 15 is 0 Å². The van der Waals surface area contributed by atoms with Gasteiger partial charge < -0.3 is 5.73 Å². The molecule has 0 radical (unpaired) electrons. The highest BCUT2D eigenvalue weighted by molar-refractivity contribution is 5.62. The normalized spacial score (nSPS) is 10.6. The monoisotopic (exact) mass is 215 g/mol. The molecule has 0 aliphatic carbocycles. The molecule has 2 aromatic rings. The molecule has 3 nitrogen and oxygen atoms in total. The molecule has 0 saturated heterocycles. The van der Waals surface area contributed by atoms with Crippen molar-refractivity contribution in [2.75, 3.05) is 6.54 Å². The lowest BCUT2D eigenvalue weighted by Gasteiger charge is -1.99. The molecule has 0 saturated carbocycles. The fourth-order valence-electron chi connectivity index (χ4n) is 1.80. The second-order valence-corrected chi connectivity index (χ2v) is 3.76. The van der Waals surface area contributed by atoms with Crippen molar-refractivity contribution >= 4 is 0 Å². The van der Waals surface area contributed by atoms with Gasteiger partial charge in [0.2, 0.25) is 0 Å². The molecule has 0 atom stereocenters. The number of hydrogen-bond donors (Lipinski definition) is 1. The van der Waals surface area contributed by atoms with Crippen molar-refractivity contribution in [2.24, 2.45) is 5.73 Å². The van der Waals surface area contributed by atoms with Crippen molar-refractivity contribution in [3.63, 3.8) is 0 Å². The third kappa shape index (κ3) is 2.14. The van der Waals surface area contributed by atoms with Crippen LogP contribution < -0.4 is 5.73 Å². The van der Waals surface area contributed by atoms with Crippen molar-refractivity contribution in [3.05, 3.63) is 42.1 Å². The number of aryl methyl sites for hydroxylation is 1. The zero-order chi connectivity index (χ0) is 11.4. The Balaban J connectivity index is 2.42. The summed E-state index contributed by atoms with van der Waals surface area (Å²) in [6, 6.07) is 10.3. The summed E-state index contributed by atoms with van der Waals surface area (Å²) in [5, 5.41) is 4.58. The average Bonchev–Trinajstić information content (AvgIpc) is 2.74. The SMILES string of the molecule is CCn1cc(CCN)c(-c2ccccc2)n1. The number of nitrogens with two attached hydrogens (primary N) is 1. The van der Waals surface area contributed by atoms with Crippen LogP contribution in [0, 0.1) is 0 Å². The van der Waals surface area contributed by atoms with Gasteiger partial charge in [-0.2, -0.15) is 5.10 Å². The van der Waals surface area contributed by atoms with Crippen LogP contribution in [0.1, 0.15) is 12.5 Å². The van der Waals surface area contributed by atoms with Gasteiger partial charge in [0.05, 0.1) is 5.69 Å². The van der Waals surface area contributed by atoms with E-state index in [4.69, 9.17) is 5.73 Å². The van der Waals surface area contributed by atoms with Crippen molar-refractivity contribution in [1.82, 2.24) is 9.78 Å². The maximum Gasteiger partial charge on any atom is 0.0955 e. The summed E-state index contributed by atoms with van der Waals surface area (Å²) in [7, 11) is 0. The maximum atomic E-state index is 5.62. The Morgan fingerprint density at radius 1 is 1.25 bits per heavy atom. The van der Waals surface area contributed by atoms with Gasteiger partial charge in [-0.25, -0.2) is 0 Å². The molecule has 0 aliphatic rings. The lowest BCUT2D eigenvalue weighted by Crippen LogP contribution is -2.02. The zero-order valence-corrected chi connectivity index (χ0v) is 9.56. The van der Waals surface area contributed by atoms with Gasteiger partial charge in [-0.05, 0) is 25.5 Å². The minimum atomic E-state index is 0.662. The Hall–Kier alpha value is -1.61. The molecule has 3 heteroatoms. The number of rotatable bonds is 4. The van der Waals surface area contributed by atoms with E-state index in [0.29, 0.717) is 6.54 Å². The summed E-state index contributed by atoms with van der Waals surface area (Å²) in [5.74, 6) is 0. The van der Waals surface area contributed by atoms with Crippen LogP contribution >= 0.6 is 0 Å². The molecule has 0 bridgehead atoms. The fourth-order valence-corrected chi connectivity index (χ4v) is 1.80. The van der Waals surface area contributed by atoms with Gasteiger partial charge in [-0.3, -0.25) is 4.68 Å². The summed E-state index contributed by atoms with van der Waals surface area (Å²) >= 11 is 0. The van der Waals surface area contributed by atoms with Gasteiger partial charge in [0.1, 0.15) is 0 Å². The first-order valence-electron chi connectivity index (χ1n) is 5.67. The predicted octanol–water partition coefficient (Wildman–Crippen LogP) is 2.07. The molecule has 0 fully saturated rings. The lowest BCUT2D eigenvalue weighted by atomic mass is 10.1. The Bertz CT molecular complexity index is 445.